The predicted molar refractivity (Wildman–Crippen MR) is 120 cm³/mol. The largest absolute Gasteiger partial charge is 0.496 e. The second-order valence-electron chi connectivity index (χ2n) is 5.50. The zero-order valence-electron chi connectivity index (χ0n) is 15.6. The summed E-state index contributed by atoms with van der Waals surface area (Å²) in [7, 11) is 1.68. The molecule has 1 aromatic heterocycles. The lowest BCUT2D eigenvalue weighted by molar-refractivity contribution is 0.123. The van der Waals surface area contributed by atoms with E-state index in [9.17, 15) is 0 Å². The van der Waals surface area contributed by atoms with Gasteiger partial charge >= 0.3 is 0 Å². The van der Waals surface area contributed by atoms with Crippen molar-refractivity contribution < 1.29 is 9.47 Å². The third-order valence-electron chi connectivity index (χ3n) is 3.52. The Labute approximate surface area is 177 Å². The van der Waals surface area contributed by atoms with Crippen LogP contribution in [0.2, 0.25) is 0 Å². The number of ether oxygens (including phenoxy) is 2. The van der Waals surface area contributed by atoms with Gasteiger partial charge in [-0.3, -0.25) is 0 Å². The van der Waals surface area contributed by atoms with Gasteiger partial charge in [0, 0.05) is 28.4 Å². The molecule has 2 rings (SSSR count). The van der Waals surface area contributed by atoms with Crippen LogP contribution in [-0.4, -0.2) is 32.8 Å². The number of hydrogen-bond donors (Lipinski definition) is 2. The standard InChI is InChI=1S/C19H27N3O2S.HI/c1-4-20-19(22-13-17-10-9-15(2)25-17)21-11-12-24-14-16-7-5-6-8-18(16)23-3;/h5-10H,4,11-14H2,1-3H3,(H2,20,21,22);1H. The molecule has 5 nitrogen and oxygen atoms in total. The smallest absolute Gasteiger partial charge is 0.191 e. The third-order valence-corrected chi connectivity index (χ3v) is 4.51. The minimum atomic E-state index is 0. The molecule has 0 aliphatic carbocycles. The summed E-state index contributed by atoms with van der Waals surface area (Å²) >= 11 is 1.78. The van der Waals surface area contributed by atoms with E-state index >= 15 is 0 Å². The van der Waals surface area contributed by atoms with Gasteiger partial charge in [-0.2, -0.15) is 0 Å². The SMILES string of the molecule is CCNC(=NCc1ccc(C)s1)NCCOCc1ccccc1OC.I. The number of guanidine groups is 1. The monoisotopic (exact) mass is 489 g/mol. The van der Waals surface area contributed by atoms with Gasteiger partial charge in [0.1, 0.15) is 5.75 Å². The molecule has 1 aromatic carbocycles. The molecule has 0 spiro atoms. The Morgan fingerprint density at radius 1 is 1.15 bits per heavy atom. The van der Waals surface area contributed by atoms with Gasteiger partial charge in [0.05, 0.1) is 26.9 Å². The van der Waals surface area contributed by atoms with Crippen molar-refractivity contribution in [3.05, 3.63) is 51.7 Å². The first-order chi connectivity index (χ1) is 12.2. The van der Waals surface area contributed by atoms with Crippen molar-refractivity contribution in [2.75, 3.05) is 26.8 Å². The molecule has 0 fully saturated rings. The van der Waals surface area contributed by atoms with Gasteiger partial charge in [-0.05, 0) is 32.0 Å². The molecule has 0 saturated carbocycles. The minimum Gasteiger partial charge on any atom is -0.496 e. The van der Waals surface area contributed by atoms with Gasteiger partial charge in [-0.1, -0.05) is 18.2 Å². The number of aryl methyl sites for hydroxylation is 1. The van der Waals surface area contributed by atoms with E-state index < -0.39 is 0 Å². The molecule has 0 amide bonds. The summed E-state index contributed by atoms with van der Waals surface area (Å²) < 4.78 is 11.1. The van der Waals surface area contributed by atoms with Gasteiger partial charge < -0.3 is 20.1 Å². The highest BCUT2D eigenvalue weighted by Gasteiger charge is 2.02. The van der Waals surface area contributed by atoms with Gasteiger partial charge in [0.15, 0.2) is 5.96 Å². The van der Waals surface area contributed by atoms with Crippen molar-refractivity contribution in [2.45, 2.75) is 27.0 Å². The van der Waals surface area contributed by atoms with Crippen LogP contribution in [0, 0.1) is 6.92 Å². The van der Waals surface area contributed by atoms with Crippen molar-refractivity contribution in [2.24, 2.45) is 4.99 Å². The van der Waals surface area contributed by atoms with Crippen molar-refractivity contribution >= 4 is 41.3 Å². The fourth-order valence-electron chi connectivity index (χ4n) is 2.31. The van der Waals surface area contributed by atoms with Crippen molar-refractivity contribution in [1.29, 1.82) is 0 Å². The number of aliphatic imine (C=N–C) groups is 1. The molecule has 0 bridgehead atoms. The zero-order valence-corrected chi connectivity index (χ0v) is 18.7. The average Bonchev–Trinajstić information content (AvgIpc) is 3.05. The Morgan fingerprint density at radius 3 is 2.65 bits per heavy atom. The quantitative estimate of drug-likeness (QED) is 0.243. The number of benzene rings is 1. The Bertz CT molecular complexity index is 676. The molecule has 0 atom stereocenters. The fourth-order valence-corrected chi connectivity index (χ4v) is 3.13. The number of hydrogen-bond acceptors (Lipinski definition) is 4. The van der Waals surface area contributed by atoms with E-state index in [4.69, 9.17) is 9.47 Å². The van der Waals surface area contributed by atoms with Crippen LogP contribution in [0.25, 0.3) is 0 Å². The van der Waals surface area contributed by atoms with Gasteiger partial charge in [0.25, 0.3) is 0 Å². The lowest BCUT2D eigenvalue weighted by Gasteiger charge is -2.12. The maximum atomic E-state index is 5.73. The van der Waals surface area contributed by atoms with Crippen LogP contribution in [0.4, 0.5) is 0 Å². The normalized spacial score (nSPS) is 11.0. The molecule has 2 aromatic rings. The second kappa shape index (κ2) is 12.9. The lowest BCUT2D eigenvalue weighted by Crippen LogP contribution is -2.38. The first-order valence-electron chi connectivity index (χ1n) is 8.50. The van der Waals surface area contributed by atoms with Gasteiger partial charge in [0.2, 0.25) is 0 Å². The molecule has 2 N–H and O–H groups in total. The summed E-state index contributed by atoms with van der Waals surface area (Å²) in [6, 6.07) is 12.2. The van der Waals surface area contributed by atoms with Crippen molar-refractivity contribution in [3.63, 3.8) is 0 Å². The van der Waals surface area contributed by atoms with E-state index in [0.29, 0.717) is 26.3 Å². The molecule has 0 unspecified atom stereocenters. The number of halogens is 1. The molecular formula is C19H28IN3O2S. The topological polar surface area (TPSA) is 54.9 Å². The molecule has 0 aliphatic heterocycles. The van der Waals surface area contributed by atoms with Crippen LogP contribution >= 0.6 is 35.3 Å². The Balaban J connectivity index is 0.00000338. The lowest BCUT2D eigenvalue weighted by atomic mass is 10.2. The van der Waals surface area contributed by atoms with Crippen LogP contribution in [0.1, 0.15) is 22.2 Å². The number of nitrogens with one attached hydrogen (secondary N) is 2. The highest BCUT2D eigenvalue weighted by molar-refractivity contribution is 14.0. The second-order valence-corrected chi connectivity index (χ2v) is 6.87. The summed E-state index contributed by atoms with van der Waals surface area (Å²) in [6.07, 6.45) is 0. The number of para-hydroxylation sites is 1. The van der Waals surface area contributed by atoms with Crippen molar-refractivity contribution in [3.8, 4) is 5.75 Å². The highest BCUT2D eigenvalue weighted by Crippen LogP contribution is 2.18. The summed E-state index contributed by atoms with van der Waals surface area (Å²) in [5.74, 6) is 1.67. The molecule has 0 radical (unpaired) electrons. The van der Waals surface area contributed by atoms with Crippen LogP contribution < -0.4 is 15.4 Å². The van der Waals surface area contributed by atoms with E-state index in [1.165, 1.54) is 9.75 Å². The van der Waals surface area contributed by atoms with E-state index in [0.717, 1.165) is 23.8 Å². The fraction of sp³-hybridized carbons (Fsp3) is 0.421. The highest BCUT2D eigenvalue weighted by atomic mass is 127. The number of thiophene rings is 1. The molecular weight excluding hydrogens is 461 g/mol. The first-order valence-corrected chi connectivity index (χ1v) is 9.31. The maximum Gasteiger partial charge on any atom is 0.191 e. The van der Waals surface area contributed by atoms with Crippen LogP contribution in [-0.2, 0) is 17.9 Å². The Morgan fingerprint density at radius 2 is 1.96 bits per heavy atom. The third kappa shape index (κ3) is 7.92. The molecule has 0 saturated heterocycles. The van der Waals surface area contributed by atoms with Crippen LogP contribution in [0.3, 0.4) is 0 Å². The van der Waals surface area contributed by atoms with E-state index in [-0.39, 0.29) is 24.0 Å². The Kier molecular flexibility index (Phi) is 11.3. The number of methoxy groups -OCH3 is 1. The number of rotatable bonds is 9. The summed E-state index contributed by atoms with van der Waals surface area (Å²) in [5, 5.41) is 6.55. The minimum absolute atomic E-state index is 0. The van der Waals surface area contributed by atoms with Gasteiger partial charge in [-0.25, -0.2) is 4.99 Å². The molecule has 144 valence electrons. The maximum absolute atomic E-state index is 5.73. The summed E-state index contributed by atoms with van der Waals surface area (Å²) in [6.45, 7) is 7.53. The molecule has 0 aliphatic rings. The van der Waals surface area contributed by atoms with E-state index in [1.807, 2.05) is 24.3 Å². The molecule has 1 heterocycles. The van der Waals surface area contributed by atoms with Crippen molar-refractivity contribution in [1.82, 2.24) is 10.6 Å². The predicted octanol–water partition coefficient (Wildman–Crippen LogP) is 3.96. The Hall–Kier alpha value is -1.32. The number of nitrogens with zero attached hydrogens (tertiary/aromatic N) is 1. The van der Waals surface area contributed by atoms with E-state index in [1.54, 1.807) is 18.4 Å². The summed E-state index contributed by atoms with van der Waals surface area (Å²) in [5.41, 5.74) is 1.05. The molecule has 26 heavy (non-hydrogen) atoms. The average molecular weight is 489 g/mol. The summed E-state index contributed by atoms with van der Waals surface area (Å²) in [4.78, 5) is 7.19. The van der Waals surface area contributed by atoms with Gasteiger partial charge in [-0.15, -0.1) is 35.3 Å². The molecule has 7 heteroatoms. The van der Waals surface area contributed by atoms with E-state index in [2.05, 4.69) is 41.6 Å². The van der Waals surface area contributed by atoms with Crippen LogP contribution in [0.15, 0.2) is 41.4 Å². The first kappa shape index (κ1) is 22.7. The zero-order chi connectivity index (χ0) is 17.9. The van der Waals surface area contributed by atoms with Crippen LogP contribution in [0.5, 0.6) is 5.75 Å².